The van der Waals surface area contributed by atoms with E-state index in [0.717, 1.165) is 5.92 Å². The van der Waals surface area contributed by atoms with Crippen LogP contribution in [0.4, 0.5) is 0 Å². The summed E-state index contributed by atoms with van der Waals surface area (Å²) in [7, 11) is 4.40. The lowest BCUT2D eigenvalue weighted by Gasteiger charge is -2.56. The standard InChI is InChI=1S/C21H33N/c1-20(14-8-16-22(3)4)13-7-15-21(2)18-10-6-5-9-17(18)11-12-19(20)21/h5-6,9-10,19H,7-8,11-16H2,1-4H3/t19-,20-,21+/m0/s1. The van der Waals surface area contributed by atoms with E-state index in [0.29, 0.717) is 10.8 Å². The highest BCUT2D eigenvalue weighted by Crippen LogP contribution is 2.58. The number of rotatable bonds is 4. The van der Waals surface area contributed by atoms with Crippen molar-refractivity contribution in [2.45, 2.75) is 64.2 Å². The Balaban J connectivity index is 1.85. The average molecular weight is 300 g/mol. The highest BCUT2D eigenvalue weighted by molar-refractivity contribution is 5.38. The molecule has 3 rings (SSSR count). The van der Waals surface area contributed by atoms with Gasteiger partial charge in [-0.05, 0) is 87.0 Å². The summed E-state index contributed by atoms with van der Waals surface area (Å²) < 4.78 is 0. The topological polar surface area (TPSA) is 3.24 Å². The third-order valence-corrected chi connectivity index (χ3v) is 6.74. The zero-order valence-corrected chi connectivity index (χ0v) is 15.0. The Morgan fingerprint density at radius 1 is 1.14 bits per heavy atom. The van der Waals surface area contributed by atoms with Gasteiger partial charge in [-0.25, -0.2) is 0 Å². The van der Waals surface area contributed by atoms with Crippen LogP contribution in [0.2, 0.25) is 0 Å². The fourth-order valence-electron chi connectivity index (χ4n) is 5.66. The Hall–Kier alpha value is -0.820. The maximum absolute atomic E-state index is 2.60. The molecule has 0 radical (unpaired) electrons. The Morgan fingerprint density at radius 2 is 1.91 bits per heavy atom. The van der Waals surface area contributed by atoms with Crippen LogP contribution in [0.5, 0.6) is 0 Å². The van der Waals surface area contributed by atoms with E-state index >= 15 is 0 Å². The van der Waals surface area contributed by atoms with E-state index in [1.54, 1.807) is 11.1 Å². The molecule has 0 heterocycles. The molecule has 2 aliphatic carbocycles. The van der Waals surface area contributed by atoms with Crippen LogP contribution < -0.4 is 0 Å². The summed E-state index contributed by atoms with van der Waals surface area (Å²) in [6.07, 6.45) is 9.65. The van der Waals surface area contributed by atoms with E-state index in [1.807, 2.05) is 0 Å². The van der Waals surface area contributed by atoms with Crippen molar-refractivity contribution in [2.24, 2.45) is 11.3 Å². The molecule has 3 atom stereocenters. The molecular formula is C21H33N. The maximum Gasteiger partial charge on any atom is -0.00246 e. The van der Waals surface area contributed by atoms with Crippen LogP contribution >= 0.6 is 0 Å². The Labute approximate surface area is 137 Å². The van der Waals surface area contributed by atoms with Crippen molar-refractivity contribution in [2.75, 3.05) is 20.6 Å². The fourth-order valence-corrected chi connectivity index (χ4v) is 5.66. The minimum absolute atomic E-state index is 0.417. The zero-order valence-electron chi connectivity index (χ0n) is 15.0. The van der Waals surface area contributed by atoms with Gasteiger partial charge >= 0.3 is 0 Å². The molecule has 22 heavy (non-hydrogen) atoms. The van der Waals surface area contributed by atoms with Crippen molar-refractivity contribution in [3.8, 4) is 0 Å². The van der Waals surface area contributed by atoms with Crippen LogP contribution in [-0.4, -0.2) is 25.5 Å². The van der Waals surface area contributed by atoms with Gasteiger partial charge < -0.3 is 4.90 Å². The SMILES string of the molecule is CN(C)CCC[C@]1(C)CCC[C@]2(C)c3ccccc3CC[C@@H]12. The Kier molecular flexibility index (Phi) is 4.38. The second-order valence-corrected chi connectivity index (χ2v) is 8.58. The minimum atomic E-state index is 0.417. The molecule has 1 aromatic carbocycles. The van der Waals surface area contributed by atoms with Crippen LogP contribution in [0.25, 0.3) is 0 Å². The van der Waals surface area contributed by atoms with Crippen molar-refractivity contribution in [3.63, 3.8) is 0 Å². The van der Waals surface area contributed by atoms with E-state index in [9.17, 15) is 0 Å². The number of fused-ring (bicyclic) bond motifs is 3. The maximum atomic E-state index is 2.60. The lowest BCUT2D eigenvalue weighted by atomic mass is 9.49. The van der Waals surface area contributed by atoms with Gasteiger partial charge in [0.25, 0.3) is 0 Å². The van der Waals surface area contributed by atoms with Crippen LogP contribution in [0.15, 0.2) is 24.3 Å². The molecule has 1 saturated carbocycles. The van der Waals surface area contributed by atoms with E-state index < -0.39 is 0 Å². The summed E-state index contributed by atoms with van der Waals surface area (Å²) in [5.41, 5.74) is 4.25. The average Bonchev–Trinajstić information content (AvgIpc) is 2.47. The predicted molar refractivity (Wildman–Crippen MR) is 95.4 cm³/mol. The molecule has 1 heteroatoms. The van der Waals surface area contributed by atoms with Gasteiger partial charge in [-0.15, -0.1) is 0 Å². The van der Waals surface area contributed by atoms with Crippen LogP contribution in [-0.2, 0) is 11.8 Å². The molecule has 0 amide bonds. The van der Waals surface area contributed by atoms with Gasteiger partial charge in [-0.3, -0.25) is 0 Å². The van der Waals surface area contributed by atoms with Crippen LogP contribution in [0.1, 0.15) is 63.5 Å². The van der Waals surface area contributed by atoms with E-state index in [-0.39, 0.29) is 0 Å². The van der Waals surface area contributed by atoms with E-state index in [4.69, 9.17) is 0 Å². The molecule has 0 bridgehead atoms. The van der Waals surface area contributed by atoms with Gasteiger partial charge in [0, 0.05) is 0 Å². The summed E-state index contributed by atoms with van der Waals surface area (Å²) in [5.74, 6) is 0.866. The molecular weight excluding hydrogens is 266 g/mol. The number of aryl methyl sites for hydroxylation is 1. The summed E-state index contributed by atoms with van der Waals surface area (Å²) >= 11 is 0. The molecule has 1 nitrogen and oxygen atoms in total. The predicted octanol–water partition coefficient (Wildman–Crippen LogP) is 5.04. The highest BCUT2D eigenvalue weighted by Gasteiger charge is 2.50. The number of benzene rings is 1. The molecule has 0 aromatic heterocycles. The van der Waals surface area contributed by atoms with Crippen molar-refractivity contribution < 1.29 is 0 Å². The molecule has 2 aliphatic rings. The summed E-state index contributed by atoms with van der Waals surface area (Å²) in [6.45, 7) is 6.40. The van der Waals surface area contributed by atoms with Gasteiger partial charge in [-0.1, -0.05) is 44.5 Å². The first-order valence-corrected chi connectivity index (χ1v) is 9.19. The second-order valence-electron chi connectivity index (χ2n) is 8.58. The van der Waals surface area contributed by atoms with Gasteiger partial charge in [0.1, 0.15) is 0 Å². The summed E-state index contributed by atoms with van der Waals surface area (Å²) in [5, 5.41) is 0. The number of hydrogen-bond donors (Lipinski definition) is 0. The molecule has 1 aromatic rings. The third-order valence-electron chi connectivity index (χ3n) is 6.74. The second kappa shape index (κ2) is 6.00. The number of hydrogen-bond acceptors (Lipinski definition) is 1. The van der Waals surface area contributed by atoms with Crippen LogP contribution in [0.3, 0.4) is 0 Å². The van der Waals surface area contributed by atoms with Crippen molar-refractivity contribution in [3.05, 3.63) is 35.4 Å². The molecule has 0 saturated heterocycles. The summed E-state index contributed by atoms with van der Waals surface area (Å²) in [6, 6.07) is 9.27. The quantitative estimate of drug-likeness (QED) is 0.753. The summed E-state index contributed by atoms with van der Waals surface area (Å²) in [4.78, 5) is 2.33. The first-order valence-electron chi connectivity index (χ1n) is 9.19. The monoisotopic (exact) mass is 299 g/mol. The molecule has 0 aliphatic heterocycles. The molecule has 0 unspecified atom stereocenters. The molecule has 122 valence electrons. The third kappa shape index (κ3) is 2.73. The van der Waals surface area contributed by atoms with Gasteiger partial charge in [0.05, 0.1) is 0 Å². The molecule has 1 fully saturated rings. The fraction of sp³-hybridized carbons (Fsp3) is 0.714. The van der Waals surface area contributed by atoms with Crippen LogP contribution in [0, 0.1) is 11.3 Å². The zero-order chi connectivity index (χ0) is 15.8. The normalized spacial score (nSPS) is 34.3. The lowest BCUT2D eigenvalue weighted by molar-refractivity contribution is 0.0161. The van der Waals surface area contributed by atoms with Crippen molar-refractivity contribution in [1.29, 1.82) is 0 Å². The minimum Gasteiger partial charge on any atom is -0.309 e. The molecule has 0 N–H and O–H groups in total. The van der Waals surface area contributed by atoms with Gasteiger partial charge in [0.15, 0.2) is 0 Å². The van der Waals surface area contributed by atoms with E-state index in [2.05, 4.69) is 57.1 Å². The van der Waals surface area contributed by atoms with Gasteiger partial charge in [0.2, 0.25) is 0 Å². The van der Waals surface area contributed by atoms with Crippen molar-refractivity contribution in [1.82, 2.24) is 4.90 Å². The first-order chi connectivity index (χ1) is 10.5. The molecule has 0 spiro atoms. The number of nitrogens with zero attached hydrogens (tertiary/aromatic N) is 1. The smallest absolute Gasteiger partial charge is 0.00246 e. The van der Waals surface area contributed by atoms with Gasteiger partial charge in [-0.2, -0.15) is 0 Å². The largest absolute Gasteiger partial charge is 0.309 e. The van der Waals surface area contributed by atoms with E-state index in [1.165, 1.54) is 51.5 Å². The first kappa shape index (κ1) is 16.1. The highest BCUT2D eigenvalue weighted by atomic mass is 15.0. The Bertz CT molecular complexity index is 520. The lowest BCUT2D eigenvalue weighted by Crippen LogP contribution is -2.49. The Morgan fingerprint density at radius 3 is 2.68 bits per heavy atom. The van der Waals surface area contributed by atoms with Crippen molar-refractivity contribution >= 4 is 0 Å².